The lowest BCUT2D eigenvalue weighted by atomic mass is 10.1. The Kier molecular flexibility index (Phi) is 6.14. The molecule has 0 spiro atoms. The maximum Gasteiger partial charge on any atom is 0.262 e. The Morgan fingerprint density at radius 2 is 1.67 bits per heavy atom. The number of hydrogen-bond donors (Lipinski definition) is 1. The fourth-order valence-corrected chi connectivity index (χ4v) is 3.60. The third kappa shape index (κ3) is 4.58. The number of para-hydroxylation sites is 1. The predicted octanol–water partition coefficient (Wildman–Crippen LogP) is 3.79. The topological polar surface area (TPSA) is 89.1 Å². The molecule has 2 heterocycles. The molecule has 4 rings (SSSR count). The first-order valence-electron chi connectivity index (χ1n) is 10.2. The van der Waals surface area contributed by atoms with Crippen molar-refractivity contribution in [1.29, 1.82) is 0 Å². The molecule has 166 valence electrons. The average Bonchev–Trinajstić information content (AvgIpc) is 2.80. The van der Waals surface area contributed by atoms with Gasteiger partial charge in [0, 0.05) is 19.8 Å². The lowest BCUT2D eigenvalue weighted by Gasteiger charge is -2.13. The quantitative estimate of drug-likeness (QED) is 0.455. The molecular weight excluding hydrogens is 436 g/mol. The van der Waals surface area contributed by atoms with E-state index in [1.807, 2.05) is 61.5 Å². The van der Waals surface area contributed by atoms with E-state index >= 15 is 0 Å². The van der Waals surface area contributed by atoms with Crippen LogP contribution in [0.25, 0.3) is 23.8 Å². The Balaban J connectivity index is 1.76. The van der Waals surface area contributed by atoms with Crippen molar-refractivity contribution in [3.8, 4) is 17.5 Å². The van der Waals surface area contributed by atoms with Gasteiger partial charge < -0.3 is 10.0 Å². The van der Waals surface area contributed by atoms with Crippen molar-refractivity contribution < 1.29 is 5.11 Å². The van der Waals surface area contributed by atoms with E-state index in [1.165, 1.54) is 9.13 Å². The molecule has 0 amide bonds. The van der Waals surface area contributed by atoms with E-state index in [0.29, 0.717) is 17.1 Å². The molecule has 0 unspecified atom stereocenters. The van der Waals surface area contributed by atoms with Crippen LogP contribution in [-0.2, 0) is 0 Å². The first-order valence-corrected chi connectivity index (χ1v) is 10.6. The van der Waals surface area contributed by atoms with E-state index in [-0.39, 0.29) is 16.6 Å². The molecule has 4 aromatic rings. The number of aromatic nitrogens is 5. The lowest BCUT2D eigenvalue weighted by molar-refractivity contribution is 0.427. The number of benzene rings is 2. The Bertz CT molecular complexity index is 1440. The van der Waals surface area contributed by atoms with Crippen molar-refractivity contribution >= 4 is 30.1 Å². The summed E-state index contributed by atoms with van der Waals surface area (Å²) in [5.74, 6) is -0.299. The normalized spacial score (nSPS) is 11.1. The largest absolute Gasteiger partial charge is 0.494 e. The van der Waals surface area contributed by atoms with Gasteiger partial charge in [0.2, 0.25) is 5.88 Å². The van der Waals surface area contributed by atoms with Crippen molar-refractivity contribution in [3.05, 3.63) is 92.7 Å². The minimum absolute atomic E-state index is 0.0334. The molecule has 2 aromatic carbocycles. The maximum absolute atomic E-state index is 12.5. The van der Waals surface area contributed by atoms with Gasteiger partial charge in [0.1, 0.15) is 0 Å². The number of rotatable bonds is 5. The number of aryl methyl sites for hydroxylation is 1. The van der Waals surface area contributed by atoms with E-state index < -0.39 is 5.56 Å². The van der Waals surface area contributed by atoms with Gasteiger partial charge in [0.15, 0.2) is 4.77 Å². The average molecular weight is 459 g/mol. The van der Waals surface area contributed by atoms with Crippen molar-refractivity contribution in [3.63, 3.8) is 0 Å². The SMILES string of the molecule is Cc1nnc(-n2c(O)cc(=O)n(-c3ccccc3)c2=S)nc1C=Cc1ccc(N(C)C)cc1. The zero-order valence-electron chi connectivity index (χ0n) is 18.4. The number of hydrogen-bond acceptors (Lipinski definition) is 7. The molecule has 0 bridgehead atoms. The molecule has 0 saturated heterocycles. The monoisotopic (exact) mass is 458 g/mol. The van der Waals surface area contributed by atoms with Crippen LogP contribution in [0.2, 0.25) is 0 Å². The van der Waals surface area contributed by atoms with Crippen LogP contribution in [0.3, 0.4) is 0 Å². The Morgan fingerprint density at radius 1 is 0.970 bits per heavy atom. The van der Waals surface area contributed by atoms with Gasteiger partial charge in [-0.3, -0.25) is 9.36 Å². The highest BCUT2D eigenvalue weighted by Crippen LogP contribution is 2.18. The summed E-state index contributed by atoms with van der Waals surface area (Å²) >= 11 is 5.52. The molecule has 0 aliphatic rings. The van der Waals surface area contributed by atoms with Gasteiger partial charge >= 0.3 is 0 Å². The van der Waals surface area contributed by atoms with Crippen molar-refractivity contribution in [2.24, 2.45) is 0 Å². The summed E-state index contributed by atoms with van der Waals surface area (Å²) < 4.78 is 2.56. The van der Waals surface area contributed by atoms with Crippen LogP contribution in [0, 0.1) is 11.7 Å². The predicted molar refractivity (Wildman–Crippen MR) is 132 cm³/mol. The summed E-state index contributed by atoms with van der Waals surface area (Å²) in [6, 6.07) is 18.1. The number of anilines is 1. The summed E-state index contributed by atoms with van der Waals surface area (Å²) in [6.07, 6.45) is 3.75. The Hall–Kier alpha value is -4.11. The van der Waals surface area contributed by atoms with Crippen LogP contribution in [0.5, 0.6) is 5.88 Å². The first kappa shape index (κ1) is 22.1. The standard InChI is InChI=1S/C24H22N6O2S/c1-16-20(14-11-17-9-12-18(13-10-17)28(2)3)25-23(27-26-16)30-22(32)15-21(31)29(24(30)33)19-7-5-4-6-8-19/h4-15,32H,1-3H3. The molecule has 0 aliphatic carbocycles. The molecule has 0 saturated carbocycles. The van der Waals surface area contributed by atoms with Gasteiger partial charge in [-0.15, -0.1) is 10.2 Å². The zero-order chi connectivity index (χ0) is 23.5. The highest BCUT2D eigenvalue weighted by Gasteiger charge is 2.15. The zero-order valence-corrected chi connectivity index (χ0v) is 19.2. The van der Waals surface area contributed by atoms with E-state index in [0.717, 1.165) is 17.3 Å². The fourth-order valence-electron chi connectivity index (χ4n) is 3.23. The smallest absolute Gasteiger partial charge is 0.262 e. The van der Waals surface area contributed by atoms with Gasteiger partial charge in [-0.05, 0) is 55.0 Å². The molecule has 8 nitrogen and oxygen atoms in total. The second-order valence-corrected chi connectivity index (χ2v) is 7.90. The fraction of sp³-hybridized carbons (Fsp3) is 0.125. The number of nitrogens with zero attached hydrogens (tertiary/aromatic N) is 6. The summed E-state index contributed by atoms with van der Waals surface area (Å²) in [5.41, 5.74) is 3.40. The molecule has 33 heavy (non-hydrogen) atoms. The third-order valence-electron chi connectivity index (χ3n) is 5.02. The third-order valence-corrected chi connectivity index (χ3v) is 5.39. The van der Waals surface area contributed by atoms with Crippen molar-refractivity contribution in [2.45, 2.75) is 6.92 Å². The molecular formula is C24H22N6O2S. The van der Waals surface area contributed by atoms with Crippen molar-refractivity contribution in [2.75, 3.05) is 19.0 Å². The van der Waals surface area contributed by atoms with Crippen LogP contribution in [0.15, 0.2) is 65.5 Å². The Morgan fingerprint density at radius 3 is 2.33 bits per heavy atom. The van der Waals surface area contributed by atoms with Crippen LogP contribution in [0.1, 0.15) is 17.0 Å². The van der Waals surface area contributed by atoms with E-state index in [2.05, 4.69) is 15.2 Å². The molecule has 9 heteroatoms. The highest BCUT2D eigenvalue weighted by atomic mass is 32.1. The van der Waals surface area contributed by atoms with Gasteiger partial charge in [0.25, 0.3) is 11.5 Å². The van der Waals surface area contributed by atoms with Crippen molar-refractivity contribution in [1.82, 2.24) is 24.3 Å². The van der Waals surface area contributed by atoms with Crippen LogP contribution in [-0.4, -0.2) is 43.5 Å². The summed E-state index contributed by atoms with van der Waals surface area (Å²) in [4.78, 5) is 19.1. The van der Waals surface area contributed by atoms with Gasteiger partial charge in [-0.25, -0.2) is 9.55 Å². The minimum Gasteiger partial charge on any atom is -0.494 e. The van der Waals surface area contributed by atoms with Gasteiger partial charge in [-0.1, -0.05) is 36.4 Å². The Labute approximate surface area is 195 Å². The minimum atomic E-state index is -0.457. The molecule has 1 N–H and O–H groups in total. The van der Waals surface area contributed by atoms with Gasteiger partial charge in [-0.2, -0.15) is 0 Å². The lowest BCUT2D eigenvalue weighted by Crippen LogP contribution is -2.23. The molecule has 0 aliphatic heterocycles. The van der Waals surface area contributed by atoms with Crippen LogP contribution >= 0.6 is 12.2 Å². The molecule has 0 fully saturated rings. The number of aromatic hydroxyl groups is 1. The van der Waals surface area contributed by atoms with E-state index in [1.54, 1.807) is 31.2 Å². The van der Waals surface area contributed by atoms with E-state index in [4.69, 9.17) is 12.2 Å². The second-order valence-electron chi connectivity index (χ2n) is 7.53. The highest BCUT2D eigenvalue weighted by molar-refractivity contribution is 7.71. The summed E-state index contributed by atoms with van der Waals surface area (Å²) in [5, 5.41) is 18.8. The van der Waals surface area contributed by atoms with E-state index in [9.17, 15) is 9.90 Å². The van der Waals surface area contributed by atoms with Gasteiger partial charge in [0.05, 0.1) is 23.1 Å². The first-order chi connectivity index (χ1) is 15.8. The molecule has 0 atom stereocenters. The second kappa shape index (κ2) is 9.17. The summed E-state index contributed by atoms with van der Waals surface area (Å²) in [7, 11) is 3.98. The van der Waals surface area contributed by atoms with Crippen LogP contribution in [0.4, 0.5) is 5.69 Å². The maximum atomic E-state index is 12.5. The van der Waals surface area contributed by atoms with Crippen LogP contribution < -0.4 is 10.5 Å². The molecule has 2 aromatic heterocycles. The summed E-state index contributed by atoms with van der Waals surface area (Å²) in [6.45, 7) is 1.79. The molecule has 0 radical (unpaired) electrons.